The fourth-order valence-corrected chi connectivity index (χ4v) is 2.22. The SMILES string of the molecule is Cn1c(=O)[nH]c2ccc(OCCc3ccccc3)cc21. The fourth-order valence-electron chi connectivity index (χ4n) is 2.22. The summed E-state index contributed by atoms with van der Waals surface area (Å²) in [5.41, 5.74) is 2.82. The molecule has 0 bridgehead atoms. The first-order valence-corrected chi connectivity index (χ1v) is 6.59. The molecule has 4 heteroatoms. The molecular formula is C16H16N2O2. The monoisotopic (exact) mass is 268 g/mol. The van der Waals surface area contributed by atoms with Crippen molar-refractivity contribution in [3.63, 3.8) is 0 Å². The number of fused-ring (bicyclic) bond motifs is 1. The summed E-state index contributed by atoms with van der Waals surface area (Å²) in [7, 11) is 1.74. The average Bonchev–Trinajstić information content (AvgIpc) is 2.76. The molecule has 0 unspecified atom stereocenters. The van der Waals surface area contributed by atoms with Crippen LogP contribution in [0.15, 0.2) is 53.3 Å². The second-order valence-electron chi connectivity index (χ2n) is 4.75. The summed E-state index contributed by atoms with van der Waals surface area (Å²) in [4.78, 5) is 14.3. The zero-order valence-electron chi connectivity index (χ0n) is 11.3. The number of H-pyrrole nitrogens is 1. The number of aromatic nitrogens is 2. The van der Waals surface area contributed by atoms with Gasteiger partial charge in [0, 0.05) is 19.5 Å². The van der Waals surface area contributed by atoms with Crippen molar-refractivity contribution in [2.45, 2.75) is 6.42 Å². The number of benzene rings is 2. The maximum Gasteiger partial charge on any atom is 0.326 e. The van der Waals surface area contributed by atoms with Crippen molar-refractivity contribution in [1.82, 2.24) is 9.55 Å². The molecular weight excluding hydrogens is 252 g/mol. The van der Waals surface area contributed by atoms with E-state index in [2.05, 4.69) is 17.1 Å². The van der Waals surface area contributed by atoms with Gasteiger partial charge in [0.05, 0.1) is 17.6 Å². The Kier molecular flexibility index (Phi) is 3.29. The van der Waals surface area contributed by atoms with Crippen LogP contribution in [-0.4, -0.2) is 16.2 Å². The second-order valence-corrected chi connectivity index (χ2v) is 4.75. The highest BCUT2D eigenvalue weighted by Gasteiger charge is 2.04. The van der Waals surface area contributed by atoms with E-state index in [0.29, 0.717) is 6.61 Å². The van der Waals surface area contributed by atoms with Crippen LogP contribution in [0.25, 0.3) is 11.0 Å². The van der Waals surface area contributed by atoms with E-state index in [1.807, 2.05) is 36.4 Å². The lowest BCUT2D eigenvalue weighted by molar-refractivity contribution is 0.322. The number of hydrogen-bond donors (Lipinski definition) is 1. The number of nitrogens with zero attached hydrogens (tertiary/aromatic N) is 1. The molecule has 0 aliphatic heterocycles. The van der Waals surface area contributed by atoms with Crippen molar-refractivity contribution in [2.24, 2.45) is 7.05 Å². The standard InChI is InChI=1S/C16H16N2O2/c1-18-15-11-13(7-8-14(15)17-16(18)19)20-10-9-12-5-3-2-4-6-12/h2-8,11H,9-10H2,1H3,(H,17,19). The number of imidazole rings is 1. The number of ether oxygens (including phenoxy) is 1. The van der Waals surface area contributed by atoms with E-state index in [9.17, 15) is 4.79 Å². The number of aryl methyl sites for hydroxylation is 1. The minimum absolute atomic E-state index is 0.110. The van der Waals surface area contributed by atoms with Crippen LogP contribution in [0, 0.1) is 0 Å². The van der Waals surface area contributed by atoms with Gasteiger partial charge in [0.2, 0.25) is 0 Å². The van der Waals surface area contributed by atoms with Crippen molar-refractivity contribution in [1.29, 1.82) is 0 Å². The van der Waals surface area contributed by atoms with Gasteiger partial charge in [0.1, 0.15) is 5.75 Å². The third-order valence-corrected chi connectivity index (χ3v) is 3.38. The highest BCUT2D eigenvalue weighted by atomic mass is 16.5. The highest BCUT2D eigenvalue weighted by molar-refractivity contribution is 5.76. The zero-order chi connectivity index (χ0) is 13.9. The Balaban J connectivity index is 1.72. The normalized spacial score (nSPS) is 10.8. The quantitative estimate of drug-likeness (QED) is 0.790. The van der Waals surface area contributed by atoms with E-state index in [1.165, 1.54) is 5.56 Å². The van der Waals surface area contributed by atoms with E-state index in [0.717, 1.165) is 23.2 Å². The van der Waals surface area contributed by atoms with E-state index in [-0.39, 0.29) is 5.69 Å². The predicted octanol–water partition coefficient (Wildman–Crippen LogP) is 2.49. The Morgan fingerprint density at radius 3 is 2.75 bits per heavy atom. The summed E-state index contributed by atoms with van der Waals surface area (Å²) < 4.78 is 7.34. The summed E-state index contributed by atoms with van der Waals surface area (Å²) in [6.07, 6.45) is 0.866. The molecule has 0 spiro atoms. The number of hydrogen-bond acceptors (Lipinski definition) is 2. The Bertz CT molecular complexity index is 772. The van der Waals surface area contributed by atoms with Crippen molar-refractivity contribution in [3.8, 4) is 5.75 Å². The van der Waals surface area contributed by atoms with Crippen LogP contribution in [0.4, 0.5) is 0 Å². The molecule has 102 valence electrons. The molecule has 1 N–H and O–H groups in total. The van der Waals surface area contributed by atoms with E-state index in [4.69, 9.17) is 4.74 Å². The van der Waals surface area contributed by atoms with Gasteiger partial charge in [-0.15, -0.1) is 0 Å². The lowest BCUT2D eigenvalue weighted by Gasteiger charge is -2.06. The van der Waals surface area contributed by atoms with Crippen LogP contribution in [0.1, 0.15) is 5.56 Å². The van der Waals surface area contributed by atoms with Crippen LogP contribution in [0.5, 0.6) is 5.75 Å². The van der Waals surface area contributed by atoms with Gasteiger partial charge in [-0.3, -0.25) is 4.57 Å². The van der Waals surface area contributed by atoms with Gasteiger partial charge in [-0.05, 0) is 17.7 Å². The number of aromatic amines is 1. The lowest BCUT2D eigenvalue weighted by Crippen LogP contribution is -2.11. The molecule has 4 nitrogen and oxygen atoms in total. The molecule has 2 aromatic carbocycles. The van der Waals surface area contributed by atoms with E-state index < -0.39 is 0 Å². The lowest BCUT2D eigenvalue weighted by atomic mass is 10.2. The van der Waals surface area contributed by atoms with Crippen LogP contribution in [0.3, 0.4) is 0 Å². The van der Waals surface area contributed by atoms with Crippen molar-refractivity contribution >= 4 is 11.0 Å². The van der Waals surface area contributed by atoms with Crippen LogP contribution < -0.4 is 10.4 Å². The van der Waals surface area contributed by atoms with Crippen molar-refractivity contribution in [3.05, 3.63) is 64.6 Å². The van der Waals surface area contributed by atoms with Gasteiger partial charge in [-0.25, -0.2) is 4.79 Å². The van der Waals surface area contributed by atoms with Gasteiger partial charge in [0.15, 0.2) is 0 Å². The Hall–Kier alpha value is -2.49. The van der Waals surface area contributed by atoms with Gasteiger partial charge in [0.25, 0.3) is 0 Å². The van der Waals surface area contributed by atoms with Gasteiger partial charge >= 0.3 is 5.69 Å². The second kappa shape index (κ2) is 5.25. The molecule has 0 aliphatic carbocycles. The fraction of sp³-hybridized carbons (Fsp3) is 0.188. The zero-order valence-corrected chi connectivity index (χ0v) is 11.3. The van der Waals surface area contributed by atoms with Gasteiger partial charge in [-0.2, -0.15) is 0 Å². The van der Waals surface area contributed by atoms with Crippen molar-refractivity contribution < 1.29 is 4.74 Å². The first-order valence-electron chi connectivity index (χ1n) is 6.59. The Labute approximate surface area is 116 Å². The molecule has 0 saturated heterocycles. The molecule has 0 radical (unpaired) electrons. The summed E-state index contributed by atoms with van der Waals surface area (Å²) in [5, 5.41) is 0. The third kappa shape index (κ3) is 2.45. The molecule has 1 aromatic heterocycles. The Morgan fingerprint density at radius 1 is 1.15 bits per heavy atom. The van der Waals surface area contributed by atoms with Crippen molar-refractivity contribution in [2.75, 3.05) is 6.61 Å². The highest BCUT2D eigenvalue weighted by Crippen LogP contribution is 2.18. The summed E-state index contributed by atoms with van der Waals surface area (Å²) in [6, 6.07) is 15.9. The first kappa shape index (κ1) is 12.5. The molecule has 0 aliphatic rings. The topological polar surface area (TPSA) is 47.0 Å². The average molecular weight is 268 g/mol. The third-order valence-electron chi connectivity index (χ3n) is 3.38. The van der Waals surface area contributed by atoms with E-state index >= 15 is 0 Å². The Morgan fingerprint density at radius 2 is 1.95 bits per heavy atom. The summed E-state index contributed by atoms with van der Waals surface area (Å²) in [6.45, 7) is 0.619. The van der Waals surface area contributed by atoms with E-state index in [1.54, 1.807) is 11.6 Å². The van der Waals surface area contributed by atoms with Gasteiger partial charge in [-0.1, -0.05) is 30.3 Å². The minimum atomic E-state index is -0.110. The predicted molar refractivity (Wildman–Crippen MR) is 79.2 cm³/mol. The molecule has 0 fully saturated rings. The van der Waals surface area contributed by atoms with Crippen LogP contribution in [0.2, 0.25) is 0 Å². The van der Waals surface area contributed by atoms with Crippen LogP contribution >= 0.6 is 0 Å². The minimum Gasteiger partial charge on any atom is -0.493 e. The maximum atomic E-state index is 11.5. The van der Waals surface area contributed by atoms with Gasteiger partial charge < -0.3 is 9.72 Å². The van der Waals surface area contributed by atoms with Crippen LogP contribution in [-0.2, 0) is 13.5 Å². The molecule has 1 heterocycles. The summed E-state index contributed by atoms with van der Waals surface area (Å²) in [5.74, 6) is 0.781. The maximum absolute atomic E-state index is 11.5. The number of nitrogens with one attached hydrogen (secondary N) is 1. The molecule has 0 amide bonds. The first-order chi connectivity index (χ1) is 9.74. The smallest absolute Gasteiger partial charge is 0.326 e. The molecule has 3 aromatic rings. The number of rotatable bonds is 4. The summed E-state index contributed by atoms with van der Waals surface area (Å²) >= 11 is 0. The molecule has 3 rings (SSSR count). The molecule has 20 heavy (non-hydrogen) atoms. The molecule has 0 saturated carbocycles. The molecule has 0 atom stereocenters. The largest absolute Gasteiger partial charge is 0.493 e.